The highest BCUT2D eigenvalue weighted by atomic mass is 16.6. The van der Waals surface area contributed by atoms with Gasteiger partial charge in [-0.05, 0) is 63.0 Å². The van der Waals surface area contributed by atoms with Gasteiger partial charge < -0.3 is 37.9 Å². The Balaban J connectivity index is 1.03. The maximum Gasteiger partial charge on any atom is 0.333 e. The van der Waals surface area contributed by atoms with Gasteiger partial charge in [-0.1, -0.05) is 24.3 Å². The number of benzene rings is 5. The molecule has 4 amide bonds. The molecule has 20 heteroatoms. The van der Waals surface area contributed by atoms with Gasteiger partial charge in [0.1, 0.15) is 0 Å². The van der Waals surface area contributed by atoms with Gasteiger partial charge in [0.2, 0.25) is 0 Å². The summed E-state index contributed by atoms with van der Waals surface area (Å²) < 4.78 is 44.8. The Morgan fingerprint density at radius 2 is 0.791 bits per heavy atom. The highest BCUT2D eigenvalue weighted by Crippen LogP contribution is 2.46. The van der Waals surface area contributed by atoms with Crippen LogP contribution in [-0.2, 0) is 44.4 Å². The van der Waals surface area contributed by atoms with E-state index in [9.17, 15) is 33.6 Å². The molecule has 0 unspecified atom stereocenters. The molecule has 2 aliphatic heterocycles. The first-order valence-corrected chi connectivity index (χ1v) is 22.0. The quantitative estimate of drug-likeness (QED) is 0.0327. The van der Waals surface area contributed by atoms with Gasteiger partial charge in [-0.2, -0.15) is 0 Å². The van der Waals surface area contributed by atoms with E-state index in [-0.39, 0.29) is 59.2 Å². The number of nitrogens with one attached hydrogen (secondary N) is 2. The van der Waals surface area contributed by atoms with Crippen molar-refractivity contribution in [3.05, 3.63) is 102 Å². The molecule has 354 valence electrons. The second-order valence-electron chi connectivity index (χ2n) is 15.8. The molecule has 3 heterocycles. The van der Waals surface area contributed by atoms with Crippen LogP contribution in [0.15, 0.2) is 62.9 Å². The second kappa shape index (κ2) is 21.6. The molecule has 67 heavy (non-hydrogen) atoms. The van der Waals surface area contributed by atoms with Crippen LogP contribution in [0.1, 0.15) is 47.9 Å². The van der Waals surface area contributed by atoms with Crippen molar-refractivity contribution in [1.29, 1.82) is 0 Å². The summed E-state index contributed by atoms with van der Waals surface area (Å²) in [4.78, 5) is 99.4. The number of hydrogen-bond acceptors (Lipinski definition) is 15. The summed E-state index contributed by atoms with van der Waals surface area (Å²) in [6, 6.07) is 13.2. The first-order valence-electron chi connectivity index (χ1n) is 22.0. The van der Waals surface area contributed by atoms with E-state index in [1.54, 1.807) is 38.5 Å². The van der Waals surface area contributed by atoms with E-state index in [2.05, 4.69) is 0 Å². The van der Waals surface area contributed by atoms with Crippen LogP contribution in [0.2, 0.25) is 0 Å². The standard InChI is InChI=1S/C47H51N5O15/c1-60-14-16-62-18-20-64-22-24-66-26-28(27-67-25-23-65-21-19-63-17-15-61-2)52-43(55)35-10-6-31-29-4-8-33-39-34(9-5-30(37(29)39)32-7-11-36(44(52)56)40(35)38(31)32)42(54)50(41(33)53)12-3-13-51-46(58)48-45(57)49-47(51)59/h4-11,28H,3,12-27H2,1-2H3,(H2,48,49,57,58,59). The summed E-state index contributed by atoms with van der Waals surface area (Å²) in [6.45, 7) is 4.05. The normalized spacial score (nSPS) is 13.9. The fourth-order valence-electron chi connectivity index (χ4n) is 8.71. The minimum Gasteiger partial charge on any atom is -0.382 e. The molecule has 2 N–H and O–H groups in total. The van der Waals surface area contributed by atoms with Crippen molar-refractivity contribution >= 4 is 66.7 Å². The van der Waals surface area contributed by atoms with Gasteiger partial charge >= 0.3 is 17.1 Å². The van der Waals surface area contributed by atoms with Crippen molar-refractivity contribution in [2.45, 2.75) is 19.0 Å². The third-order valence-corrected chi connectivity index (χ3v) is 11.8. The first-order chi connectivity index (χ1) is 32.7. The van der Waals surface area contributed by atoms with Crippen molar-refractivity contribution in [2.75, 3.05) is 113 Å². The van der Waals surface area contributed by atoms with Gasteiger partial charge in [0, 0.05) is 60.3 Å². The third-order valence-electron chi connectivity index (χ3n) is 11.8. The average Bonchev–Trinajstić information content (AvgIpc) is 3.32. The number of carbonyl (C=O) groups is 4. The van der Waals surface area contributed by atoms with E-state index >= 15 is 0 Å². The minimum absolute atomic E-state index is 0.0160. The number of aromatic amines is 2. The van der Waals surface area contributed by atoms with Gasteiger partial charge in [-0.15, -0.1) is 0 Å². The monoisotopic (exact) mass is 925 g/mol. The fraction of sp³-hybridized carbons (Fsp3) is 0.426. The zero-order valence-corrected chi connectivity index (χ0v) is 37.2. The van der Waals surface area contributed by atoms with Crippen molar-refractivity contribution in [2.24, 2.45) is 0 Å². The average molecular weight is 926 g/mol. The number of nitrogens with zero attached hydrogens (tertiary/aromatic N) is 3. The SMILES string of the molecule is COCCOCCOCCOCC(COCCOCCOCCOC)N1C(=O)c2ccc3c4ccc5c6c(ccc(c7ccc(c2c37)C1=O)c64)C(=O)N(CCCn1c(=O)[nH]c(=O)[nH]c1=O)C5=O. The van der Waals surface area contributed by atoms with Crippen LogP contribution in [0, 0.1) is 0 Å². The molecule has 0 saturated carbocycles. The summed E-state index contributed by atoms with van der Waals surface area (Å²) in [7, 11) is 3.20. The van der Waals surface area contributed by atoms with Gasteiger partial charge in [0.25, 0.3) is 23.6 Å². The Bertz CT molecular complexity index is 2800. The maximum absolute atomic E-state index is 14.6. The molecule has 0 saturated heterocycles. The van der Waals surface area contributed by atoms with Gasteiger partial charge in [0.05, 0.1) is 98.5 Å². The van der Waals surface area contributed by atoms with E-state index in [4.69, 9.17) is 37.9 Å². The van der Waals surface area contributed by atoms with Crippen molar-refractivity contribution in [3.8, 4) is 0 Å². The molecule has 1 aromatic heterocycles. The molecule has 0 atom stereocenters. The van der Waals surface area contributed by atoms with E-state index in [0.717, 1.165) is 31.0 Å². The maximum atomic E-state index is 14.6. The number of amides is 4. The molecule has 0 aliphatic carbocycles. The fourth-order valence-corrected chi connectivity index (χ4v) is 8.71. The lowest BCUT2D eigenvalue weighted by Gasteiger charge is -2.34. The van der Waals surface area contributed by atoms with Gasteiger partial charge in [-0.25, -0.2) is 19.0 Å². The number of aromatic nitrogens is 3. The van der Waals surface area contributed by atoms with Crippen LogP contribution < -0.4 is 17.1 Å². The number of imide groups is 2. The molecule has 0 spiro atoms. The Kier molecular flexibility index (Phi) is 15.2. The number of methoxy groups -OCH3 is 2. The van der Waals surface area contributed by atoms with Gasteiger partial charge in [0.15, 0.2) is 0 Å². The minimum atomic E-state index is -0.932. The number of fused-ring (bicyclic) bond motifs is 2. The van der Waals surface area contributed by atoms with Crippen LogP contribution in [0.4, 0.5) is 0 Å². The summed E-state index contributed by atoms with van der Waals surface area (Å²) in [5.41, 5.74) is -1.47. The molecule has 8 rings (SSSR count). The Hall–Kier alpha value is -6.23. The third kappa shape index (κ3) is 9.65. The largest absolute Gasteiger partial charge is 0.382 e. The van der Waals surface area contributed by atoms with Crippen LogP contribution >= 0.6 is 0 Å². The lowest BCUT2D eigenvalue weighted by atomic mass is 9.82. The topological polar surface area (TPSA) is 236 Å². The lowest BCUT2D eigenvalue weighted by molar-refractivity contribution is -0.0276. The lowest BCUT2D eigenvalue weighted by Crippen LogP contribution is -2.51. The van der Waals surface area contributed by atoms with Crippen LogP contribution in [0.3, 0.4) is 0 Å². The summed E-state index contributed by atoms with van der Waals surface area (Å²) in [5.74, 6) is -2.08. The van der Waals surface area contributed by atoms with Crippen LogP contribution in [0.25, 0.3) is 43.1 Å². The van der Waals surface area contributed by atoms with Crippen molar-refractivity contribution in [3.63, 3.8) is 0 Å². The van der Waals surface area contributed by atoms with Crippen molar-refractivity contribution in [1.82, 2.24) is 24.3 Å². The zero-order valence-electron chi connectivity index (χ0n) is 37.2. The summed E-state index contributed by atoms with van der Waals surface area (Å²) in [5, 5.41) is 5.29. The van der Waals surface area contributed by atoms with Crippen LogP contribution in [0.5, 0.6) is 0 Å². The predicted octanol–water partition coefficient (Wildman–Crippen LogP) is 2.32. The molecule has 2 aliphatic rings. The number of hydrogen-bond donors (Lipinski definition) is 2. The van der Waals surface area contributed by atoms with E-state index in [0.29, 0.717) is 96.7 Å². The van der Waals surface area contributed by atoms with E-state index in [1.165, 1.54) is 4.90 Å². The summed E-state index contributed by atoms with van der Waals surface area (Å²) >= 11 is 0. The molecular weight excluding hydrogens is 875 g/mol. The van der Waals surface area contributed by atoms with Crippen molar-refractivity contribution < 1.29 is 57.1 Å². The predicted molar refractivity (Wildman–Crippen MR) is 243 cm³/mol. The highest BCUT2D eigenvalue weighted by Gasteiger charge is 2.40. The smallest absolute Gasteiger partial charge is 0.333 e. The Labute approximate surface area is 381 Å². The van der Waals surface area contributed by atoms with E-state index in [1.807, 2.05) is 34.2 Å². The zero-order chi connectivity index (χ0) is 47.0. The molecule has 0 bridgehead atoms. The van der Waals surface area contributed by atoms with Crippen LogP contribution in [-0.4, -0.2) is 167 Å². The molecular formula is C47H51N5O15. The molecule has 0 radical (unpaired) electrons. The summed E-state index contributed by atoms with van der Waals surface area (Å²) in [6.07, 6.45) is 0.0693. The first kappa shape index (κ1) is 47.3. The Morgan fingerprint density at radius 3 is 1.18 bits per heavy atom. The number of carbonyl (C=O) groups excluding carboxylic acids is 4. The molecule has 5 aromatic carbocycles. The van der Waals surface area contributed by atoms with Gasteiger partial charge in [-0.3, -0.25) is 38.9 Å². The number of rotatable bonds is 27. The molecule has 20 nitrogen and oxygen atoms in total. The molecule has 6 aromatic rings. The number of H-pyrrole nitrogens is 2. The second-order valence-corrected chi connectivity index (χ2v) is 15.8. The highest BCUT2D eigenvalue weighted by molar-refractivity contribution is 6.41. The molecule has 0 fully saturated rings. The number of ether oxygens (including phenoxy) is 8. The van der Waals surface area contributed by atoms with E-state index < -0.39 is 46.7 Å². The Morgan fingerprint density at radius 1 is 0.433 bits per heavy atom.